The maximum Gasteiger partial charge on any atom is 0.345 e. The van der Waals surface area contributed by atoms with Crippen LogP contribution < -0.4 is 0 Å². The van der Waals surface area contributed by atoms with Crippen molar-refractivity contribution in [3.8, 4) is 0 Å². The molecule has 0 amide bonds. The molecule has 2 atom stereocenters. The zero-order valence-electron chi connectivity index (χ0n) is 11.3. The van der Waals surface area contributed by atoms with Crippen LogP contribution in [0.3, 0.4) is 0 Å². The summed E-state index contributed by atoms with van der Waals surface area (Å²) in [5.41, 5.74) is 1.18. The molecule has 0 bridgehead atoms. The molecule has 2 unspecified atom stereocenters. The van der Waals surface area contributed by atoms with Gasteiger partial charge in [-0.3, -0.25) is 4.90 Å². The van der Waals surface area contributed by atoms with E-state index >= 15 is 0 Å². The van der Waals surface area contributed by atoms with Crippen molar-refractivity contribution >= 4 is 17.3 Å². The number of carboxylic acid groups (broad SMARTS) is 1. The highest BCUT2D eigenvalue weighted by molar-refractivity contribution is 7.14. The van der Waals surface area contributed by atoms with Gasteiger partial charge in [0.05, 0.1) is 0 Å². The number of carbonyl (C=O) groups is 1. The first-order valence-corrected chi connectivity index (χ1v) is 7.39. The van der Waals surface area contributed by atoms with Gasteiger partial charge in [-0.25, -0.2) is 4.79 Å². The van der Waals surface area contributed by atoms with Crippen molar-refractivity contribution in [2.75, 3.05) is 0 Å². The molecule has 1 aromatic heterocycles. The molecule has 1 aliphatic rings. The Bertz CT molecular complexity index is 431. The van der Waals surface area contributed by atoms with Crippen LogP contribution in [0.4, 0.5) is 0 Å². The third kappa shape index (κ3) is 2.75. The third-order valence-electron chi connectivity index (χ3n) is 3.96. The summed E-state index contributed by atoms with van der Waals surface area (Å²) in [4.78, 5) is 15.1. The molecule has 0 aromatic carbocycles. The fraction of sp³-hybridized carbons (Fsp3) is 0.643. The van der Waals surface area contributed by atoms with E-state index in [4.69, 9.17) is 5.11 Å². The average Bonchev–Trinajstić information content (AvgIpc) is 2.66. The number of aromatic carboxylic acids is 1. The van der Waals surface area contributed by atoms with E-state index in [0.29, 0.717) is 17.0 Å². The number of hydrogen-bond acceptors (Lipinski definition) is 3. The molecule has 1 aromatic rings. The second kappa shape index (κ2) is 5.41. The molecule has 0 spiro atoms. The molecule has 18 heavy (non-hydrogen) atoms. The maximum absolute atomic E-state index is 11.0. The summed E-state index contributed by atoms with van der Waals surface area (Å²) in [6.45, 7) is 7.45. The van der Waals surface area contributed by atoms with Crippen LogP contribution in [0.1, 0.15) is 53.2 Å². The van der Waals surface area contributed by atoms with Crippen molar-refractivity contribution in [3.05, 3.63) is 21.4 Å². The van der Waals surface area contributed by atoms with Crippen molar-refractivity contribution < 1.29 is 9.90 Å². The van der Waals surface area contributed by atoms with E-state index < -0.39 is 5.97 Å². The second-order valence-electron chi connectivity index (χ2n) is 5.30. The number of hydrogen-bond donors (Lipinski definition) is 1. The van der Waals surface area contributed by atoms with Crippen molar-refractivity contribution in [1.82, 2.24) is 4.90 Å². The molecule has 3 nitrogen and oxygen atoms in total. The smallest absolute Gasteiger partial charge is 0.345 e. The topological polar surface area (TPSA) is 40.5 Å². The first-order valence-electron chi connectivity index (χ1n) is 6.57. The van der Waals surface area contributed by atoms with E-state index in [2.05, 4.69) is 18.7 Å². The summed E-state index contributed by atoms with van der Waals surface area (Å²) in [6.07, 6.45) is 3.81. The number of aryl methyl sites for hydroxylation is 1. The summed E-state index contributed by atoms with van der Waals surface area (Å²) in [7, 11) is 0. The van der Waals surface area contributed by atoms with Gasteiger partial charge < -0.3 is 5.11 Å². The monoisotopic (exact) mass is 267 g/mol. The van der Waals surface area contributed by atoms with Gasteiger partial charge in [-0.1, -0.05) is 6.42 Å². The molecule has 4 heteroatoms. The highest BCUT2D eigenvalue weighted by atomic mass is 32.1. The van der Waals surface area contributed by atoms with Crippen LogP contribution in [0, 0.1) is 6.92 Å². The highest BCUT2D eigenvalue weighted by Crippen LogP contribution is 2.28. The van der Waals surface area contributed by atoms with Crippen LogP contribution in [-0.2, 0) is 6.54 Å². The molecule has 2 heterocycles. The van der Waals surface area contributed by atoms with Gasteiger partial charge >= 0.3 is 5.97 Å². The van der Waals surface area contributed by atoms with Crippen molar-refractivity contribution in [2.24, 2.45) is 0 Å². The van der Waals surface area contributed by atoms with Crippen LogP contribution in [0.2, 0.25) is 0 Å². The van der Waals surface area contributed by atoms with E-state index in [9.17, 15) is 4.79 Å². The zero-order valence-corrected chi connectivity index (χ0v) is 12.1. The lowest BCUT2D eigenvalue weighted by Gasteiger charge is -2.39. The Labute approximate surface area is 112 Å². The number of nitrogens with zero attached hydrogens (tertiary/aromatic N) is 1. The summed E-state index contributed by atoms with van der Waals surface area (Å²) in [6, 6.07) is 3.04. The van der Waals surface area contributed by atoms with E-state index in [1.807, 2.05) is 13.0 Å². The van der Waals surface area contributed by atoms with E-state index in [-0.39, 0.29) is 0 Å². The largest absolute Gasteiger partial charge is 0.477 e. The fourth-order valence-corrected chi connectivity index (χ4v) is 3.64. The molecule has 0 aliphatic carbocycles. The highest BCUT2D eigenvalue weighted by Gasteiger charge is 2.25. The van der Waals surface area contributed by atoms with Crippen LogP contribution in [-0.4, -0.2) is 28.1 Å². The molecular formula is C14H21NO2S. The van der Waals surface area contributed by atoms with Gasteiger partial charge in [-0.05, 0) is 45.2 Å². The number of thiophene rings is 1. The fourth-order valence-electron chi connectivity index (χ4n) is 2.77. The number of piperidine rings is 1. The van der Waals surface area contributed by atoms with Gasteiger partial charge in [-0.2, -0.15) is 0 Å². The number of rotatable bonds is 3. The number of likely N-dealkylation sites (tertiary alicyclic amines) is 1. The molecular weight excluding hydrogens is 246 g/mol. The Morgan fingerprint density at radius 2 is 2.06 bits per heavy atom. The lowest BCUT2D eigenvalue weighted by atomic mass is 9.97. The molecule has 2 rings (SSSR count). The standard InChI is InChI=1S/C14H21NO2S/c1-9-5-4-6-10(2)15(9)8-12-7-13(14(16)17)18-11(12)3/h7,9-10H,4-6,8H2,1-3H3,(H,16,17). The Morgan fingerprint density at radius 3 is 2.56 bits per heavy atom. The first-order chi connectivity index (χ1) is 8.49. The van der Waals surface area contributed by atoms with Crippen LogP contribution in [0.5, 0.6) is 0 Å². The van der Waals surface area contributed by atoms with Gasteiger partial charge in [0.15, 0.2) is 0 Å². The molecule has 1 N–H and O–H groups in total. The van der Waals surface area contributed by atoms with Crippen LogP contribution in [0.15, 0.2) is 6.07 Å². The Morgan fingerprint density at radius 1 is 1.44 bits per heavy atom. The van der Waals surface area contributed by atoms with Gasteiger partial charge in [-0.15, -0.1) is 11.3 Å². The Kier molecular flexibility index (Phi) is 4.07. The van der Waals surface area contributed by atoms with Crippen LogP contribution >= 0.6 is 11.3 Å². The molecule has 1 aliphatic heterocycles. The van der Waals surface area contributed by atoms with Gasteiger partial charge in [0.2, 0.25) is 0 Å². The zero-order chi connectivity index (χ0) is 13.3. The molecule has 100 valence electrons. The Balaban J connectivity index is 2.15. The SMILES string of the molecule is Cc1sc(C(=O)O)cc1CN1C(C)CCCC1C. The molecule has 1 fully saturated rings. The summed E-state index contributed by atoms with van der Waals surface area (Å²) >= 11 is 1.39. The summed E-state index contributed by atoms with van der Waals surface area (Å²) in [5, 5.41) is 9.03. The molecule has 0 radical (unpaired) electrons. The lowest BCUT2D eigenvalue weighted by Crippen LogP contribution is -2.42. The predicted molar refractivity (Wildman–Crippen MR) is 74.3 cm³/mol. The van der Waals surface area contributed by atoms with Crippen molar-refractivity contribution in [3.63, 3.8) is 0 Å². The lowest BCUT2D eigenvalue weighted by molar-refractivity contribution is 0.0702. The van der Waals surface area contributed by atoms with Gasteiger partial charge in [0, 0.05) is 23.5 Å². The van der Waals surface area contributed by atoms with E-state index in [1.54, 1.807) is 0 Å². The van der Waals surface area contributed by atoms with Crippen molar-refractivity contribution in [2.45, 2.75) is 58.7 Å². The normalized spacial score (nSPS) is 25.3. The third-order valence-corrected chi connectivity index (χ3v) is 5.04. The van der Waals surface area contributed by atoms with Crippen LogP contribution in [0.25, 0.3) is 0 Å². The predicted octanol–water partition coefficient (Wildman–Crippen LogP) is 3.52. The average molecular weight is 267 g/mol. The van der Waals surface area contributed by atoms with Crippen molar-refractivity contribution in [1.29, 1.82) is 0 Å². The van der Waals surface area contributed by atoms with E-state index in [1.165, 1.54) is 36.2 Å². The number of carboxylic acids is 1. The first kappa shape index (κ1) is 13.6. The minimum atomic E-state index is -0.811. The second-order valence-corrected chi connectivity index (χ2v) is 6.55. The molecule has 0 saturated carbocycles. The van der Waals surface area contributed by atoms with Gasteiger partial charge in [0.1, 0.15) is 4.88 Å². The minimum Gasteiger partial charge on any atom is -0.477 e. The Hall–Kier alpha value is -0.870. The summed E-state index contributed by atoms with van der Waals surface area (Å²) < 4.78 is 0. The van der Waals surface area contributed by atoms with Gasteiger partial charge in [0.25, 0.3) is 0 Å². The van der Waals surface area contributed by atoms with E-state index in [0.717, 1.165) is 11.4 Å². The molecule has 1 saturated heterocycles. The minimum absolute atomic E-state index is 0.458. The quantitative estimate of drug-likeness (QED) is 0.911. The summed E-state index contributed by atoms with van der Waals surface area (Å²) in [5.74, 6) is -0.811. The maximum atomic E-state index is 11.0.